The highest BCUT2D eigenvalue weighted by Gasteiger charge is 2.72. The molecule has 6 N–H and O–H groups in total. The van der Waals surface area contributed by atoms with Crippen molar-refractivity contribution < 1.29 is 68.8 Å². The minimum absolute atomic E-state index is 0.0141. The van der Waals surface area contributed by atoms with E-state index >= 15 is 9.59 Å². The number of carbonyl (C=O) groups is 4. The fourth-order valence-corrected chi connectivity index (χ4v) is 25.8. The number of carboxylic acid groups (broad SMARTS) is 2. The van der Waals surface area contributed by atoms with Crippen molar-refractivity contribution in [2.75, 3.05) is 0 Å². The van der Waals surface area contributed by atoms with Crippen LogP contribution in [0.25, 0.3) is 0 Å². The maximum atomic E-state index is 15.5. The van der Waals surface area contributed by atoms with Crippen LogP contribution in [0, 0.1) is 127 Å². The Morgan fingerprint density at radius 1 is 0.465 bits per heavy atom. The van der Waals surface area contributed by atoms with E-state index in [-0.39, 0.29) is 143 Å². The van der Waals surface area contributed by atoms with E-state index in [9.17, 15) is 40.2 Å². The van der Waals surface area contributed by atoms with Gasteiger partial charge in [0.15, 0.2) is 0 Å². The number of rotatable bonds is 16. The van der Waals surface area contributed by atoms with Crippen LogP contribution in [0.2, 0.25) is 0 Å². The third-order valence-electron chi connectivity index (χ3n) is 28.7. The normalized spacial score (nSPS) is 49.8. The van der Waals surface area contributed by atoms with Crippen LogP contribution in [0.1, 0.15) is 238 Å². The molecular formula is C72H116O14. The topological polar surface area (TPSA) is 227 Å². The Balaban J connectivity index is 0.816. The third-order valence-corrected chi connectivity index (χ3v) is 28.7. The lowest BCUT2D eigenvalue weighted by molar-refractivity contribution is -0.247. The summed E-state index contributed by atoms with van der Waals surface area (Å²) < 4.78 is 27.8. The number of carbonyl (C=O) groups excluding carboxylic acids is 2. The molecule has 0 aromatic rings. The van der Waals surface area contributed by atoms with Crippen LogP contribution in [0.15, 0.2) is 0 Å². The summed E-state index contributed by atoms with van der Waals surface area (Å²) in [4.78, 5) is 54.4. The molecule has 14 nitrogen and oxygen atoms in total. The van der Waals surface area contributed by atoms with Crippen LogP contribution in [-0.4, -0.2) is 115 Å². The van der Waals surface area contributed by atoms with Gasteiger partial charge in [-0.2, -0.15) is 0 Å². The average Bonchev–Trinajstić information content (AvgIpc) is 1.17. The zero-order valence-corrected chi connectivity index (χ0v) is 55.4. The molecule has 0 amide bonds. The lowest BCUT2D eigenvalue weighted by atomic mass is 9.40. The van der Waals surface area contributed by atoms with Gasteiger partial charge in [0, 0.05) is 12.8 Å². The summed E-state index contributed by atoms with van der Waals surface area (Å²) in [5.74, 6) is -0.772. The zero-order valence-electron chi connectivity index (χ0n) is 55.4. The Bertz CT molecular complexity index is 2360. The highest BCUT2D eigenvalue weighted by atomic mass is 16.6. The smallest absolute Gasteiger partial charge is 0.312 e. The van der Waals surface area contributed by atoms with Gasteiger partial charge in [0.05, 0.1) is 58.7 Å². The van der Waals surface area contributed by atoms with Crippen molar-refractivity contribution in [2.24, 2.45) is 127 Å². The second-order valence-electron chi connectivity index (χ2n) is 35.3. The first-order valence-electron chi connectivity index (χ1n) is 34.9. The summed E-state index contributed by atoms with van der Waals surface area (Å²) in [5.41, 5.74) is -4.01. The first kappa shape index (κ1) is 65.1. The van der Waals surface area contributed by atoms with Crippen LogP contribution in [0.4, 0.5) is 0 Å². The number of hydrogen-bond donors (Lipinski definition) is 6. The second kappa shape index (κ2) is 22.7. The maximum absolute atomic E-state index is 15.5. The van der Waals surface area contributed by atoms with Crippen LogP contribution >= 0.6 is 0 Å². The average molecular weight is 1210 g/mol. The van der Waals surface area contributed by atoms with E-state index in [2.05, 4.69) is 96.9 Å². The van der Waals surface area contributed by atoms with Crippen LogP contribution in [0.3, 0.4) is 0 Å². The molecule has 4 bridgehead atoms. The minimum atomic E-state index is -0.808. The van der Waals surface area contributed by atoms with Gasteiger partial charge in [0.25, 0.3) is 0 Å². The molecule has 0 saturated heterocycles. The van der Waals surface area contributed by atoms with Gasteiger partial charge < -0.3 is 49.6 Å². The van der Waals surface area contributed by atoms with E-state index in [0.29, 0.717) is 96.3 Å². The predicted molar refractivity (Wildman–Crippen MR) is 326 cm³/mol. The summed E-state index contributed by atoms with van der Waals surface area (Å²) in [6, 6.07) is 0. The molecule has 12 aliphatic rings. The number of aliphatic hydroxyl groups is 4. The molecule has 12 fully saturated rings. The summed E-state index contributed by atoms with van der Waals surface area (Å²) in [6.07, 6.45) is 10.4. The minimum Gasteiger partial charge on any atom is -0.481 e. The van der Waals surface area contributed by atoms with Crippen LogP contribution in [0.5, 0.6) is 0 Å². The van der Waals surface area contributed by atoms with Crippen LogP contribution < -0.4 is 0 Å². The van der Waals surface area contributed by atoms with Crippen molar-refractivity contribution >= 4 is 23.9 Å². The summed E-state index contributed by atoms with van der Waals surface area (Å²) in [7, 11) is 0. The van der Waals surface area contributed by atoms with E-state index in [1.807, 2.05) is 0 Å². The van der Waals surface area contributed by atoms with Gasteiger partial charge in [-0.3, -0.25) is 19.2 Å². The van der Waals surface area contributed by atoms with Gasteiger partial charge in [-0.1, -0.05) is 41.5 Å². The number of esters is 2. The van der Waals surface area contributed by atoms with Crippen molar-refractivity contribution in [2.45, 2.75) is 298 Å². The molecule has 12 rings (SSSR count). The standard InChI is InChI=1S/C72H116O14/c1-37(15-21-59(77)78)47-17-19-49-61-53(30-57(75)69(47,49)13)67(11)43(26-55(61)73)24-45(28-51(67)39(3)85-65(5,6)7)83-63(81)71-32-41-23-42(33-71)35-72(34-41,36-71)64(82)84-46-25-44-27-56(74)62-50-20-18-48(38(2)16-22-60(79)80)70(50,14)58(76)31-54(62)68(44,12)52(29-46)40(4)86-66(8,9)10/h37-58,61-62,73-76H,15-36H2,1-14H3,(H,77,78)(H,79,80)/t37-,38-,39?,40?,41?,42?,43+,44+,45+,46+,47-,48-,49?,50?,51?,52?,53?,54?,55-,56-,57+,58+,61?,62?,67-,68-,69-,70-,71?,72?/m1/s1. The number of fused-ring (bicyclic) bond motifs is 10. The molecule has 12 saturated carbocycles. The summed E-state index contributed by atoms with van der Waals surface area (Å²) in [5, 5.41) is 69.4. The molecule has 26 atom stereocenters. The molecule has 0 spiro atoms. The molecule has 14 heteroatoms. The van der Waals surface area contributed by atoms with E-state index in [4.69, 9.17) is 18.9 Å². The number of hydrogen-bond acceptors (Lipinski definition) is 12. The van der Waals surface area contributed by atoms with Crippen molar-refractivity contribution in [3.8, 4) is 0 Å². The highest BCUT2D eigenvalue weighted by Crippen LogP contribution is 2.73. The first-order chi connectivity index (χ1) is 40.0. The van der Waals surface area contributed by atoms with Crippen molar-refractivity contribution in [1.29, 1.82) is 0 Å². The zero-order chi connectivity index (χ0) is 62.6. The molecular weight excluding hydrogens is 1090 g/mol. The molecule has 0 heterocycles. The van der Waals surface area contributed by atoms with E-state index < -0.39 is 81.4 Å². The first-order valence-corrected chi connectivity index (χ1v) is 34.9. The Kier molecular flexibility index (Phi) is 17.2. The number of carboxylic acids is 2. The van der Waals surface area contributed by atoms with Gasteiger partial charge in [0.1, 0.15) is 12.2 Å². The third kappa shape index (κ3) is 10.8. The molecule has 0 aromatic carbocycles. The van der Waals surface area contributed by atoms with E-state index in [1.54, 1.807) is 0 Å². The van der Waals surface area contributed by atoms with Crippen molar-refractivity contribution in [3.63, 3.8) is 0 Å². The predicted octanol–water partition coefficient (Wildman–Crippen LogP) is 12.5. The molecule has 488 valence electrons. The molecule has 0 aromatic heterocycles. The Morgan fingerprint density at radius 3 is 1.16 bits per heavy atom. The molecule has 12 aliphatic carbocycles. The highest BCUT2D eigenvalue weighted by molar-refractivity contribution is 5.83. The number of aliphatic carboxylic acids is 2. The van der Waals surface area contributed by atoms with Crippen molar-refractivity contribution in [1.82, 2.24) is 0 Å². The fraction of sp³-hybridized carbons (Fsp3) is 0.944. The van der Waals surface area contributed by atoms with Crippen molar-refractivity contribution in [3.05, 3.63) is 0 Å². The lowest BCUT2D eigenvalue weighted by Crippen LogP contribution is -2.66. The quantitative estimate of drug-likeness (QED) is 0.0791. The maximum Gasteiger partial charge on any atom is 0.312 e. The SMILES string of the molecule is CC(OC(C)(C)C)C1C[C@@H](OC(=O)C23CC4CC(C2)CC(C(=O)O[C@@H]2CC(C(C)OC(C)(C)C)[C@]5(C)C6C[C@H](O)[C@@]7(C)C(CC[C@@H]7[C@H](C)CCC(=O)O)C6[C@H](O)C[C@@H]5C2)(C4)C3)C[C@H]2C[C@@H](O)C3C(C[C@H](O)[C@@]4(C)C3CC[C@@H]4[C@H](C)CCC(=O)O)[C@@]12C. The largest absolute Gasteiger partial charge is 0.481 e. The monoisotopic (exact) mass is 1200 g/mol. The second-order valence-corrected chi connectivity index (χ2v) is 35.3. The number of aliphatic hydroxyl groups excluding tert-OH is 4. The summed E-state index contributed by atoms with van der Waals surface area (Å²) in [6.45, 7) is 30.4. The Hall–Kier alpha value is -2.36. The van der Waals surface area contributed by atoms with Gasteiger partial charge in [-0.25, -0.2) is 0 Å². The summed E-state index contributed by atoms with van der Waals surface area (Å²) >= 11 is 0. The Labute approximate surface area is 515 Å². The van der Waals surface area contributed by atoms with Crippen LogP contribution in [-0.2, 0) is 38.1 Å². The van der Waals surface area contributed by atoms with Gasteiger partial charge >= 0.3 is 23.9 Å². The Morgan fingerprint density at radius 2 is 0.826 bits per heavy atom. The van der Waals surface area contributed by atoms with E-state index in [1.165, 1.54) is 0 Å². The van der Waals surface area contributed by atoms with Gasteiger partial charge in [0.2, 0.25) is 0 Å². The fourth-order valence-electron chi connectivity index (χ4n) is 25.8. The lowest BCUT2D eigenvalue weighted by Gasteiger charge is -2.66. The van der Waals surface area contributed by atoms with Gasteiger partial charge in [-0.05, 0) is 300 Å². The molecule has 86 heavy (non-hydrogen) atoms. The molecule has 10 unspecified atom stereocenters. The van der Waals surface area contributed by atoms with E-state index in [0.717, 1.165) is 32.1 Å². The number of ether oxygens (including phenoxy) is 4. The van der Waals surface area contributed by atoms with Gasteiger partial charge in [-0.15, -0.1) is 0 Å². The molecule has 0 aliphatic heterocycles. The molecule has 0 radical (unpaired) electrons.